The fourth-order valence-corrected chi connectivity index (χ4v) is 3.62. The first-order valence-electron chi connectivity index (χ1n) is 11.8. The lowest BCUT2D eigenvalue weighted by molar-refractivity contribution is -0.146. The molecule has 0 radical (unpaired) electrons. The van der Waals surface area contributed by atoms with Gasteiger partial charge in [0.15, 0.2) is 0 Å². The number of unbranched alkanes of at least 4 members (excludes halogenated alkanes) is 1. The highest BCUT2D eigenvalue weighted by atomic mass is 16.7. The topological polar surface area (TPSA) is 74.2 Å². The van der Waals surface area contributed by atoms with Gasteiger partial charge in [0.25, 0.3) is 0 Å². The third-order valence-electron chi connectivity index (χ3n) is 6.22. The minimum atomic E-state index is -0.561. The fraction of sp³-hybridized carbons (Fsp3) is 0.577. The van der Waals surface area contributed by atoms with Crippen molar-refractivity contribution in [2.24, 2.45) is 0 Å². The standard InChI is InChI=1S/C26H39BO6/c1-8-9-12-19(2)22(27-32-25(4,5)26(6,7)33-27)15-16-24(31-20(3)29)21-13-10-11-14-23(21)30-18-17-28/h10-11,13-15,24,28H,2,8-9,12,16-18H2,1,3-7H3/b22-15-/t24-/m0/s1. The first-order chi connectivity index (χ1) is 15.5. The molecule has 7 heteroatoms. The lowest BCUT2D eigenvalue weighted by Crippen LogP contribution is -2.41. The molecule has 0 saturated carbocycles. The molecule has 6 nitrogen and oxygen atoms in total. The Morgan fingerprint density at radius 2 is 1.85 bits per heavy atom. The van der Waals surface area contributed by atoms with Crippen molar-refractivity contribution in [3.8, 4) is 5.75 Å². The van der Waals surface area contributed by atoms with Crippen LogP contribution in [0.25, 0.3) is 0 Å². The number of hydrogen-bond donors (Lipinski definition) is 1. The molecule has 0 unspecified atom stereocenters. The summed E-state index contributed by atoms with van der Waals surface area (Å²) >= 11 is 0. The Labute approximate surface area is 199 Å². The van der Waals surface area contributed by atoms with Crippen LogP contribution >= 0.6 is 0 Å². The number of aliphatic hydroxyl groups excluding tert-OH is 1. The monoisotopic (exact) mass is 458 g/mol. The molecule has 182 valence electrons. The molecule has 1 atom stereocenters. The average Bonchev–Trinajstić information content (AvgIpc) is 2.96. The highest BCUT2D eigenvalue weighted by molar-refractivity contribution is 6.56. The average molecular weight is 458 g/mol. The maximum Gasteiger partial charge on any atom is 0.494 e. The van der Waals surface area contributed by atoms with Crippen molar-refractivity contribution in [1.82, 2.24) is 0 Å². The summed E-state index contributed by atoms with van der Waals surface area (Å²) in [6.07, 6.45) is 4.76. The quantitative estimate of drug-likeness (QED) is 0.258. The van der Waals surface area contributed by atoms with E-state index in [1.54, 1.807) is 6.07 Å². The van der Waals surface area contributed by atoms with Gasteiger partial charge in [-0.3, -0.25) is 4.79 Å². The number of carbonyl (C=O) groups excluding carboxylic acids is 1. The molecule has 1 aromatic rings. The zero-order chi connectivity index (χ0) is 24.6. The SMILES string of the molecule is C=C(CCCC)/C(=C/C[C@H](OC(C)=O)c1ccccc1OCCO)B1OC(C)(C)C(C)(C)O1. The minimum absolute atomic E-state index is 0.101. The number of para-hydroxylation sites is 1. The largest absolute Gasteiger partial charge is 0.494 e. The molecule has 0 spiro atoms. The van der Waals surface area contributed by atoms with Crippen LogP contribution in [0.5, 0.6) is 5.75 Å². The molecular weight excluding hydrogens is 419 g/mol. The van der Waals surface area contributed by atoms with E-state index in [1.165, 1.54) is 6.92 Å². The first kappa shape index (κ1) is 27.2. The van der Waals surface area contributed by atoms with Gasteiger partial charge in [0.05, 0.1) is 17.8 Å². The number of rotatable bonds is 12. The second kappa shape index (κ2) is 11.9. The van der Waals surface area contributed by atoms with Gasteiger partial charge >= 0.3 is 13.1 Å². The molecule has 1 heterocycles. The van der Waals surface area contributed by atoms with Crippen molar-refractivity contribution < 1.29 is 28.7 Å². The smallest absolute Gasteiger partial charge is 0.491 e. The summed E-state index contributed by atoms with van der Waals surface area (Å²) < 4.78 is 24.0. The van der Waals surface area contributed by atoms with Gasteiger partial charge in [0.1, 0.15) is 18.5 Å². The van der Waals surface area contributed by atoms with E-state index in [0.717, 1.165) is 35.9 Å². The van der Waals surface area contributed by atoms with Crippen LogP contribution in [0.15, 0.2) is 48.0 Å². The molecule has 0 amide bonds. The first-order valence-corrected chi connectivity index (χ1v) is 11.8. The summed E-state index contributed by atoms with van der Waals surface area (Å²) in [5.41, 5.74) is 1.64. The van der Waals surface area contributed by atoms with Crippen molar-refractivity contribution in [2.45, 2.75) is 84.5 Å². The van der Waals surface area contributed by atoms with Gasteiger partial charge in [-0.05, 0) is 52.1 Å². The molecule has 1 saturated heterocycles. The van der Waals surface area contributed by atoms with Gasteiger partial charge in [-0.15, -0.1) is 0 Å². The number of allylic oxidation sites excluding steroid dienone is 2. The van der Waals surface area contributed by atoms with Crippen LogP contribution in [0, 0.1) is 0 Å². The van der Waals surface area contributed by atoms with Crippen molar-refractivity contribution >= 4 is 13.1 Å². The summed E-state index contributed by atoms with van der Waals surface area (Å²) in [4.78, 5) is 11.9. The lowest BCUT2D eigenvalue weighted by atomic mass is 9.72. The normalized spacial score (nSPS) is 18.2. The maximum absolute atomic E-state index is 11.9. The third-order valence-corrected chi connectivity index (χ3v) is 6.22. The van der Waals surface area contributed by atoms with Crippen LogP contribution in [-0.2, 0) is 18.8 Å². The molecule has 0 aromatic heterocycles. The second-order valence-electron chi connectivity index (χ2n) is 9.40. The highest BCUT2D eigenvalue weighted by Gasteiger charge is 2.52. The Kier molecular flexibility index (Phi) is 9.76. The lowest BCUT2D eigenvalue weighted by Gasteiger charge is -2.32. The van der Waals surface area contributed by atoms with E-state index in [9.17, 15) is 4.79 Å². The number of carbonyl (C=O) groups is 1. The summed E-state index contributed by atoms with van der Waals surface area (Å²) in [6.45, 7) is 16.0. The number of hydrogen-bond acceptors (Lipinski definition) is 6. The minimum Gasteiger partial charge on any atom is -0.491 e. The van der Waals surface area contributed by atoms with Gasteiger partial charge < -0.3 is 23.9 Å². The molecule has 0 bridgehead atoms. The van der Waals surface area contributed by atoms with Gasteiger partial charge in [-0.1, -0.05) is 49.8 Å². The summed E-state index contributed by atoms with van der Waals surface area (Å²) in [7, 11) is -0.543. The van der Waals surface area contributed by atoms with Crippen molar-refractivity contribution in [2.75, 3.05) is 13.2 Å². The molecular formula is C26H39BO6. The molecule has 1 fully saturated rings. The van der Waals surface area contributed by atoms with E-state index in [4.69, 9.17) is 23.9 Å². The highest BCUT2D eigenvalue weighted by Crippen LogP contribution is 2.41. The van der Waals surface area contributed by atoms with E-state index < -0.39 is 24.4 Å². The fourth-order valence-electron chi connectivity index (χ4n) is 3.62. The molecule has 1 aromatic carbocycles. The van der Waals surface area contributed by atoms with Gasteiger partial charge in [-0.2, -0.15) is 0 Å². The summed E-state index contributed by atoms with van der Waals surface area (Å²) in [6, 6.07) is 7.39. The Hall–Kier alpha value is -2.09. The van der Waals surface area contributed by atoms with Gasteiger partial charge in [-0.25, -0.2) is 0 Å². The van der Waals surface area contributed by atoms with E-state index in [0.29, 0.717) is 12.2 Å². The molecule has 1 aliphatic heterocycles. The Morgan fingerprint density at radius 1 is 1.21 bits per heavy atom. The summed E-state index contributed by atoms with van der Waals surface area (Å²) in [5, 5.41) is 9.16. The van der Waals surface area contributed by atoms with Crippen LogP contribution in [-0.4, -0.2) is 42.6 Å². The van der Waals surface area contributed by atoms with Crippen LogP contribution in [0.1, 0.15) is 78.9 Å². The van der Waals surface area contributed by atoms with E-state index in [2.05, 4.69) is 13.5 Å². The number of aliphatic hydroxyl groups is 1. The van der Waals surface area contributed by atoms with Crippen molar-refractivity contribution in [3.63, 3.8) is 0 Å². The van der Waals surface area contributed by atoms with E-state index >= 15 is 0 Å². The number of ether oxygens (including phenoxy) is 2. The van der Waals surface area contributed by atoms with Crippen LogP contribution in [0.4, 0.5) is 0 Å². The van der Waals surface area contributed by atoms with Crippen LogP contribution in [0.2, 0.25) is 0 Å². The van der Waals surface area contributed by atoms with Crippen molar-refractivity contribution in [1.29, 1.82) is 0 Å². The molecule has 0 aliphatic carbocycles. The predicted octanol–water partition coefficient (Wildman–Crippen LogP) is 5.36. The Bertz CT molecular complexity index is 829. The van der Waals surface area contributed by atoms with E-state index in [-0.39, 0.29) is 19.2 Å². The van der Waals surface area contributed by atoms with Crippen LogP contribution < -0.4 is 4.74 Å². The number of esters is 1. The maximum atomic E-state index is 11.9. The molecule has 2 rings (SSSR count). The predicted molar refractivity (Wildman–Crippen MR) is 131 cm³/mol. The molecule has 33 heavy (non-hydrogen) atoms. The van der Waals surface area contributed by atoms with Crippen LogP contribution in [0.3, 0.4) is 0 Å². The molecule has 1 aliphatic rings. The van der Waals surface area contributed by atoms with Crippen molar-refractivity contribution in [3.05, 3.63) is 53.5 Å². The van der Waals surface area contributed by atoms with Gasteiger partial charge in [0, 0.05) is 18.9 Å². The van der Waals surface area contributed by atoms with Gasteiger partial charge in [0.2, 0.25) is 0 Å². The van der Waals surface area contributed by atoms with E-state index in [1.807, 2.05) is 52.0 Å². The zero-order valence-corrected chi connectivity index (χ0v) is 21.0. The zero-order valence-electron chi connectivity index (χ0n) is 21.0. The Morgan fingerprint density at radius 3 is 2.42 bits per heavy atom. The second-order valence-corrected chi connectivity index (χ2v) is 9.40. The summed E-state index contributed by atoms with van der Waals surface area (Å²) in [5.74, 6) is 0.195. The molecule has 1 N–H and O–H groups in total. The third kappa shape index (κ3) is 7.20. The Balaban J connectivity index is 2.38. The number of benzene rings is 1.